The van der Waals surface area contributed by atoms with E-state index in [1.165, 1.54) is 16.8 Å². The third-order valence-corrected chi connectivity index (χ3v) is 6.65. The maximum atomic E-state index is 12.9. The second-order valence-electron chi connectivity index (χ2n) is 11.9. The second-order valence-corrected chi connectivity index (χ2v) is 11.9. The van der Waals surface area contributed by atoms with Crippen LogP contribution in [0.2, 0.25) is 0 Å². The lowest BCUT2D eigenvalue weighted by molar-refractivity contribution is 0.0203. The van der Waals surface area contributed by atoms with Gasteiger partial charge in [0.1, 0.15) is 16.8 Å². The van der Waals surface area contributed by atoms with Gasteiger partial charge < -0.3 is 14.6 Å². The molecule has 11 nitrogen and oxygen atoms in total. The first-order valence-corrected chi connectivity index (χ1v) is 13.0. The Morgan fingerprint density at radius 2 is 1.59 bits per heavy atom. The van der Waals surface area contributed by atoms with Crippen LogP contribution in [0.4, 0.5) is 4.79 Å². The van der Waals surface area contributed by atoms with Gasteiger partial charge in [0.2, 0.25) is 0 Å². The van der Waals surface area contributed by atoms with Gasteiger partial charge in [0, 0.05) is 30.6 Å². The van der Waals surface area contributed by atoms with Crippen molar-refractivity contribution in [3.05, 3.63) is 69.3 Å². The standard InChI is InChI=1S/C28H36N6O5/c1-27(2,3)19-9-7-18(8-10-19)24(36)31-32-25(37)20-16-29-34-21(15-22(35)30-23(20)34)17-11-13-33(14-12-17)26(38)39-28(4,5)6/h7-10,15-17H,11-14H2,1-6H3,(H,30,35)(H,31,36)(H,32,37). The number of nitrogens with one attached hydrogen (secondary N) is 3. The van der Waals surface area contributed by atoms with E-state index < -0.39 is 17.4 Å². The van der Waals surface area contributed by atoms with Gasteiger partial charge in [-0.25, -0.2) is 9.31 Å². The Bertz CT molecular complexity index is 1430. The zero-order chi connectivity index (χ0) is 28.5. The molecule has 39 heavy (non-hydrogen) atoms. The van der Waals surface area contributed by atoms with Crippen LogP contribution >= 0.6 is 0 Å². The van der Waals surface area contributed by atoms with E-state index in [0.717, 1.165) is 5.56 Å². The molecule has 208 valence electrons. The summed E-state index contributed by atoms with van der Waals surface area (Å²) in [5.74, 6) is -1.12. The van der Waals surface area contributed by atoms with Crippen LogP contribution in [-0.2, 0) is 10.2 Å². The van der Waals surface area contributed by atoms with E-state index in [9.17, 15) is 19.2 Å². The summed E-state index contributed by atoms with van der Waals surface area (Å²) in [6, 6.07) is 8.64. The first-order chi connectivity index (χ1) is 18.2. The lowest BCUT2D eigenvalue weighted by atomic mass is 9.87. The summed E-state index contributed by atoms with van der Waals surface area (Å²) in [5.41, 5.74) is 6.32. The fourth-order valence-electron chi connectivity index (χ4n) is 4.53. The minimum Gasteiger partial charge on any atom is -0.444 e. The Hall–Kier alpha value is -4.15. The molecule has 1 aliphatic rings. The fourth-order valence-corrected chi connectivity index (χ4v) is 4.53. The summed E-state index contributed by atoms with van der Waals surface area (Å²) in [6.45, 7) is 12.7. The molecule has 1 aromatic carbocycles. The predicted molar refractivity (Wildman–Crippen MR) is 146 cm³/mol. The van der Waals surface area contributed by atoms with Crippen molar-refractivity contribution in [1.82, 2.24) is 30.3 Å². The molecular formula is C28H36N6O5. The molecule has 11 heteroatoms. The number of piperidine rings is 1. The third-order valence-electron chi connectivity index (χ3n) is 6.65. The highest BCUT2D eigenvalue weighted by Gasteiger charge is 2.29. The van der Waals surface area contributed by atoms with Crippen molar-refractivity contribution in [3.8, 4) is 0 Å². The number of hydrogen-bond acceptors (Lipinski definition) is 6. The Labute approximate surface area is 226 Å². The number of carbonyl (C=O) groups is 3. The van der Waals surface area contributed by atoms with E-state index in [1.807, 2.05) is 32.9 Å². The number of aromatic amines is 1. The van der Waals surface area contributed by atoms with Crippen molar-refractivity contribution in [1.29, 1.82) is 0 Å². The third kappa shape index (κ3) is 6.47. The number of H-pyrrole nitrogens is 1. The normalized spacial score (nSPS) is 14.8. The van der Waals surface area contributed by atoms with Crippen molar-refractivity contribution in [2.75, 3.05) is 13.1 Å². The van der Waals surface area contributed by atoms with Crippen molar-refractivity contribution >= 4 is 23.6 Å². The molecule has 0 bridgehead atoms. The van der Waals surface area contributed by atoms with E-state index in [4.69, 9.17) is 4.74 Å². The average Bonchev–Trinajstić information content (AvgIpc) is 3.29. The molecule has 3 amide bonds. The van der Waals surface area contributed by atoms with Crippen LogP contribution < -0.4 is 16.4 Å². The smallest absolute Gasteiger partial charge is 0.410 e. The molecule has 0 aliphatic carbocycles. The van der Waals surface area contributed by atoms with Crippen LogP contribution in [-0.4, -0.2) is 56.1 Å². The largest absolute Gasteiger partial charge is 0.444 e. The summed E-state index contributed by atoms with van der Waals surface area (Å²) >= 11 is 0. The lowest BCUT2D eigenvalue weighted by Gasteiger charge is -2.33. The molecule has 0 atom stereocenters. The molecule has 0 saturated carbocycles. The Balaban J connectivity index is 1.44. The quantitative estimate of drug-likeness (QED) is 0.438. The fraction of sp³-hybridized carbons (Fsp3) is 0.464. The number of hydrazine groups is 1. The highest BCUT2D eigenvalue weighted by molar-refractivity contribution is 6.02. The monoisotopic (exact) mass is 536 g/mol. The van der Waals surface area contributed by atoms with Crippen LogP contribution in [0, 0.1) is 0 Å². The van der Waals surface area contributed by atoms with Gasteiger partial charge in [-0.2, -0.15) is 5.10 Å². The first kappa shape index (κ1) is 27.9. The number of hydrogen-bond donors (Lipinski definition) is 3. The molecule has 2 aromatic heterocycles. The molecule has 0 unspecified atom stereocenters. The van der Waals surface area contributed by atoms with Crippen LogP contribution in [0.5, 0.6) is 0 Å². The van der Waals surface area contributed by atoms with Gasteiger partial charge in [-0.15, -0.1) is 0 Å². The maximum absolute atomic E-state index is 12.9. The summed E-state index contributed by atoms with van der Waals surface area (Å²) in [6.07, 6.45) is 2.22. The van der Waals surface area contributed by atoms with E-state index >= 15 is 0 Å². The molecule has 3 N–H and O–H groups in total. The number of ether oxygens (including phenoxy) is 1. The van der Waals surface area contributed by atoms with Crippen LogP contribution in [0.25, 0.3) is 5.65 Å². The number of amides is 3. The molecule has 1 saturated heterocycles. The van der Waals surface area contributed by atoms with Gasteiger partial charge >= 0.3 is 6.09 Å². The molecule has 0 radical (unpaired) electrons. The molecule has 3 aromatic rings. The summed E-state index contributed by atoms with van der Waals surface area (Å²) < 4.78 is 7.00. The summed E-state index contributed by atoms with van der Waals surface area (Å²) in [5, 5.41) is 4.34. The van der Waals surface area contributed by atoms with E-state index in [-0.39, 0.29) is 34.2 Å². The Kier molecular flexibility index (Phi) is 7.54. The van der Waals surface area contributed by atoms with Gasteiger partial charge in [0.15, 0.2) is 0 Å². The SMILES string of the molecule is CC(C)(C)OC(=O)N1CCC(c2cc(=O)[nH]c3c(C(=O)NNC(=O)c4ccc(C(C)(C)C)cc4)cnn23)CC1. The molecule has 1 aliphatic heterocycles. The zero-order valence-electron chi connectivity index (χ0n) is 23.3. The minimum absolute atomic E-state index is 0.0416. The number of fused-ring (bicyclic) bond motifs is 1. The molecular weight excluding hydrogens is 500 g/mol. The van der Waals surface area contributed by atoms with Crippen LogP contribution in [0.15, 0.2) is 41.3 Å². The molecule has 0 spiro atoms. The maximum Gasteiger partial charge on any atom is 0.410 e. The number of rotatable bonds is 3. The number of likely N-dealkylation sites (tertiary alicyclic amines) is 1. The van der Waals surface area contributed by atoms with Gasteiger partial charge in [-0.3, -0.25) is 25.2 Å². The lowest BCUT2D eigenvalue weighted by Crippen LogP contribution is -2.42. The molecule has 3 heterocycles. The second kappa shape index (κ2) is 10.5. The van der Waals surface area contributed by atoms with E-state index in [0.29, 0.717) is 37.2 Å². The Morgan fingerprint density at radius 3 is 2.18 bits per heavy atom. The van der Waals surface area contributed by atoms with Crippen molar-refractivity contribution in [3.63, 3.8) is 0 Å². The van der Waals surface area contributed by atoms with Gasteiger partial charge in [-0.1, -0.05) is 32.9 Å². The van der Waals surface area contributed by atoms with Crippen molar-refractivity contribution in [2.45, 2.75) is 71.3 Å². The van der Waals surface area contributed by atoms with Gasteiger partial charge in [0.25, 0.3) is 17.4 Å². The highest BCUT2D eigenvalue weighted by Crippen LogP contribution is 2.28. The van der Waals surface area contributed by atoms with Crippen LogP contribution in [0.1, 0.15) is 92.3 Å². The predicted octanol–water partition coefficient (Wildman–Crippen LogP) is 3.51. The number of carbonyl (C=O) groups excluding carboxylic acids is 3. The first-order valence-electron chi connectivity index (χ1n) is 13.0. The van der Waals surface area contributed by atoms with Crippen LogP contribution in [0.3, 0.4) is 0 Å². The highest BCUT2D eigenvalue weighted by atomic mass is 16.6. The van der Waals surface area contributed by atoms with E-state index in [1.54, 1.807) is 17.0 Å². The molecule has 4 rings (SSSR count). The minimum atomic E-state index is -0.614. The summed E-state index contributed by atoms with van der Waals surface area (Å²) in [4.78, 5) is 54.7. The average molecular weight is 537 g/mol. The Morgan fingerprint density at radius 1 is 0.974 bits per heavy atom. The zero-order valence-corrected chi connectivity index (χ0v) is 23.3. The summed E-state index contributed by atoms with van der Waals surface area (Å²) in [7, 11) is 0. The topological polar surface area (TPSA) is 138 Å². The van der Waals surface area contributed by atoms with Crippen molar-refractivity contribution < 1.29 is 19.1 Å². The number of benzene rings is 1. The van der Waals surface area contributed by atoms with Gasteiger partial charge in [-0.05, 0) is 56.7 Å². The molecule has 1 fully saturated rings. The van der Waals surface area contributed by atoms with E-state index in [2.05, 4.69) is 41.7 Å². The number of nitrogens with zero attached hydrogens (tertiary/aromatic N) is 3. The number of aromatic nitrogens is 3. The van der Waals surface area contributed by atoms with Crippen molar-refractivity contribution in [2.24, 2.45) is 0 Å². The van der Waals surface area contributed by atoms with Gasteiger partial charge in [0.05, 0.1) is 11.9 Å².